The van der Waals surface area contributed by atoms with E-state index >= 15 is 0 Å². The Kier molecular flexibility index (Phi) is 6.22. The summed E-state index contributed by atoms with van der Waals surface area (Å²) in [6.07, 6.45) is 2.22. The summed E-state index contributed by atoms with van der Waals surface area (Å²) >= 11 is 0. The van der Waals surface area contributed by atoms with Gasteiger partial charge in [-0.3, -0.25) is 4.57 Å². The molecule has 7 aromatic carbocycles. The van der Waals surface area contributed by atoms with Crippen LogP contribution in [0.2, 0.25) is 0 Å². The number of para-hydroxylation sites is 3. The van der Waals surface area contributed by atoms with Crippen molar-refractivity contribution in [3.63, 3.8) is 0 Å². The molecule has 0 bridgehead atoms. The van der Waals surface area contributed by atoms with E-state index in [1.165, 1.54) is 49.3 Å². The summed E-state index contributed by atoms with van der Waals surface area (Å²) in [4.78, 5) is 10.9. The van der Waals surface area contributed by atoms with Crippen molar-refractivity contribution in [2.45, 2.75) is 0 Å². The highest BCUT2D eigenvalue weighted by atomic mass is 15.2. The first kappa shape index (κ1) is 28.8. The van der Waals surface area contributed by atoms with Crippen LogP contribution in [-0.2, 0) is 0 Å². The van der Waals surface area contributed by atoms with Gasteiger partial charge in [-0.1, -0.05) is 152 Å². The molecule has 0 N–H and O–H groups in total. The van der Waals surface area contributed by atoms with Crippen LogP contribution in [0.1, 0.15) is 0 Å². The molecule has 0 fully saturated rings. The third-order valence-electron chi connectivity index (χ3n) is 10.6. The number of rotatable bonds is 4. The number of aromatic nitrogens is 4. The van der Waals surface area contributed by atoms with Crippen LogP contribution < -0.4 is 0 Å². The lowest BCUT2D eigenvalue weighted by Gasteiger charge is -2.15. The summed E-state index contributed by atoms with van der Waals surface area (Å²) in [7, 11) is 0. The fourth-order valence-corrected chi connectivity index (χ4v) is 8.32. The first-order chi connectivity index (χ1) is 25.8. The second-order valence-electron chi connectivity index (χ2n) is 13.4. The minimum Gasteiger partial charge on any atom is -0.314 e. The van der Waals surface area contributed by atoms with Crippen molar-refractivity contribution in [2.75, 3.05) is 0 Å². The molecule has 52 heavy (non-hydrogen) atoms. The Bertz CT molecular complexity index is 3170. The number of pyridine rings is 1. The highest BCUT2D eigenvalue weighted by molar-refractivity contribution is 6.20. The Balaban J connectivity index is 1.28. The summed E-state index contributed by atoms with van der Waals surface area (Å²) in [5.41, 5.74) is 12.1. The summed E-state index contributed by atoms with van der Waals surface area (Å²) < 4.78 is 4.63. The molecule has 4 heterocycles. The third-order valence-corrected chi connectivity index (χ3v) is 10.6. The molecule has 0 aliphatic rings. The number of fused-ring (bicyclic) bond motifs is 9. The van der Waals surface area contributed by atoms with Gasteiger partial charge in [0.15, 0.2) is 0 Å². The van der Waals surface area contributed by atoms with Crippen molar-refractivity contribution in [2.24, 2.45) is 0 Å². The molecule has 0 aliphatic carbocycles. The average Bonchev–Trinajstić information content (AvgIpc) is 3.74. The number of benzene rings is 7. The Morgan fingerprint density at radius 1 is 0.365 bits per heavy atom. The van der Waals surface area contributed by atoms with Gasteiger partial charge in [-0.2, -0.15) is 0 Å². The lowest BCUT2D eigenvalue weighted by atomic mass is 9.93. The maximum Gasteiger partial charge on any atom is 0.235 e. The van der Waals surface area contributed by atoms with Crippen LogP contribution in [0.4, 0.5) is 0 Å². The average molecular weight is 663 g/mol. The van der Waals surface area contributed by atoms with E-state index in [1.54, 1.807) is 0 Å². The Morgan fingerprint density at radius 3 is 1.71 bits per heavy atom. The third kappa shape index (κ3) is 4.15. The van der Waals surface area contributed by atoms with Crippen LogP contribution in [0.15, 0.2) is 182 Å². The van der Waals surface area contributed by atoms with E-state index in [1.807, 2.05) is 0 Å². The molecule has 4 aromatic heterocycles. The maximum absolute atomic E-state index is 5.57. The minimum atomic E-state index is 0.647. The Labute approximate surface area is 299 Å². The van der Waals surface area contributed by atoms with E-state index in [9.17, 15) is 0 Å². The summed E-state index contributed by atoms with van der Waals surface area (Å²) in [5, 5.41) is 6.92. The van der Waals surface area contributed by atoms with Gasteiger partial charge in [0.25, 0.3) is 0 Å². The molecule has 0 radical (unpaired) electrons. The standard InChI is InChI=1S/C48H30N4/c1-3-15-31(16-4-1)33-27-28-37(35-20-8-7-19-34(33)35)45-39-22-9-12-24-41(39)49-48(50-45)52-43-26-14-10-21-36(43)38-29-30-51-42-25-13-11-23-40(42)44(47(51)46(38)52)32-17-5-2-6-18-32/h1-30H. The molecule has 4 heteroatoms. The van der Waals surface area contributed by atoms with Gasteiger partial charge in [0.05, 0.1) is 33.3 Å². The predicted octanol–water partition coefficient (Wildman–Crippen LogP) is 12.3. The van der Waals surface area contributed by atoms with Gasteiger partial charge in [-0.25, -0.2) is 9.97 Å². The molecule has 11 rings (SSSR count). The number of nitrogens with zero attached hydrogens (tertiary/aromatic N) is 4. The molecule has 0 atom stereocenters. The van der Waals surface area contributed by atoms with Crippen LogP contribution in [0.5, 0.6) is 0 Å². The Morgan fingerprint density at radius 2 is 0.942 bits per heavy atom. The molecular weight excluding hydrogens is 633 g/mol. The molecule has 0 unspecified atom stereocenters. The van der Waals surface area contributed by atoms with Crippen molar-refractivity contribution in [3.8, 4) is 39.5 Å². The maximum atomic E-state index is 5.57. The van der Waals surface area contributed by atoms with Gasteiger partial charge in [-0.05, 0) is 51.7 Å². The van der Waals surface area contributed by atoms with Gasteiger partial charge in [0.2, 0.25) is 5.95 Å². The zero-order valence-electron chi connectivity index (χ0n) is 28.1. The fraction of sp³-hybridized carbons (Fsp3) is 0. The van der Waals surface area contributed by atoms with E-state index in [4.69, 9.17) is 9.97 Å². The SMILES string of the molecule is c1ccc(-c2ccc(-c3nc(-n4c5ccccc5c5ccn6c7ccccc7c(-c7ccccc7)c6c54)nc4ccccc34)c3ccccc23)cc1. The molecule has 4 nitrogen and oxygen atoms in total. The lowest BCUT2D eigenvalue weighted by molar-refractivity contribution is 1.01. The predicted molar refractivity (Wildman–Crippen MR) is 216 cm³/mol. The van der Waals surface area contributed by atoms with Crippen molar-refractivity contribution in [1.29, 1.82) is 0 Å². The second-order valence-corrected chi connectivity index (χ2v) is 13.4. The topological polar surface area (TPSA) is 35.1 Å². The summed E-state index contributed by atoms with van der Waals surface area (Å²) in [6, 6.07) is 62.5. The normalized spacial score (nSPS) is 11.8. The largest absolute Gasteiger partial charge is 0.314 e. The number of hydrogen-bond donors (Lipinski definition) is 0. The van der Waals surface area contributed by atoms with Gasteiger partial charge in [-0.15, -0.1) is 0 Å². The monoisotopic (exact) mass is 662 g/mol. The van der Waals surface area contributed by atoms with Gasteiger partial charge in [0.1, 0.15) is 0 Å². The minimum absolute atomic E-state index is 0.647. The Hall–Kier alpha value is -7.04. The van der Waals surface area contributed by atoms with E-state index < -0.39 is 0 Å². The molecule has 0 saturated carbocycles. The lowest BCUT2D eigenvalue weighted by Crippen LogP contribution is -2.04. The summed E-state index contributed by atoms with van der Waals surface area (Å²) in [5.74, 6) is 0.647. The molecule has 0 spiro atoms. The van der Waals surface area contributed by atoms with Crippen LogP contribution in [0, 0.1) is 0 Å². The first-order valence-electron chi connectivity index (χ1n) is 17.7. The van der Waals surface area contributed by atoms with Crippen molar-refractivity contribution < 1.29 is 0 Å². The zero-order chi connectivity index (χ0) is 34.2. The molecular formula is C48H30N4. The van der Waals surface area contributed by atoms with E-state index in [0.717, 1.165) is 44.1 Å². The van der Waals surface area contributed by atoms with Gasteiger partial charge in [0, 0.05) is 38.9 Å². The van der Waals surface area contributed by atoms with E-state index in [-0.39, 0.29) is 0 Å². The zero-order valence-corrected chi connectivity index (χ0v) is 28.1. The molecule has 0 aliphatic heterocycles. The van der Waals surface area contributed by atoms with Crippen molar-refractivity contribution >= 4 is 59.9 Å². The highest BCUT2D eigenvalue weighted by Gasteiger charge is 2.24. The van der Waals surface area contributed by atoms with Crippen molar-refractivity contribution in [1.82, 2.24) is 18.9 Å². The molecule has 11 aromatic rings. The van der Waals surface area contributed by atoms with Crippen molar-refractivity contribution in [3.05, 3.63) is 182 Å². The highest BCUT2D eigenvalue weighted by Crippen LogP contribution is 2.43. The van der Waals surface area contributed by atoms with E-state index in [0.29, 0.717) is 5.95 Å². The van der Waals surface area contributed by atoms with Gasteiger partial charge < -0.3 is 4.40 Å². The molecule has 0 amide bonds. The van der Waals surface area contributed by atoms with Gasteiger partial charge >= 0.3 is 0 Å². The summed E-state index contributed by atoms with van der Waals surface area (Å²) in [6.45, 7) is 0. The molecule has 0 saturated heterocycles. The van der Waals surface area contributed by atoms with Crippen LogP contribution in [0.25, 0.3) is 99.4 Å². The second kappa shape index (κ2) is 11.2. The van der Waals surface area contributed by atoms with Crippen LogP contribution in [-0.4, -0.2) is 18.9 Å². The van der Waals surface area contributed by atoms with E-state index in [2.05, 4.69) is 191 Å². The fourth-order valence-electron chi connectivity index (χ4n) is 8.32. The number of hydrogen-bond acceptors (Lipinski definition) is 2. The van der Waals surface area contributed by atoms with Crippen LogP contribution in [0.3, 0.4) is 0 Å². The van der Waals surface area contributed by atoms with Crippen LogP contribution >= 0.6 is 0 Å². The molecule has 242 valence electrons. The first-order valence-corrected chi connectivity index (χ1v) is 17.7. The smallest absolute Gasteiger partial charge is 0.235 e. The quantitative estimate of drug-likeness (QED) is 0.188.